The predicted molar refractivity (Wildman–Crippen MR) is 80.1 cm³/mol. The third-order valence-electron chi connectivity index (χ3n) is 4.30. The molecule has 1 aromatic heterocycles. The van der Waals surface area contributed by atoms with Gasteiger partial charge in [0.05, 0.1) is 0 Å². The van der Waals surface area contributed by atoms with Crippen LogP contribution in [-0.2, 0) is 6.54 Å². The van der Waals surface area contributed by atoms with Gasteiger partial charge >= 0.3 is 0 Å². The molecule has 0 bridgehead atoms. The molecule has 3 unspecified atom stereocenters. The van der Waals surface area contributed by atoms with Crippen molar-refractivity contribution in [2.75, 3.05) is 13.1 Å². The molecule has 0 aliphatic carbocycles. The molecule has 3 atom stereocenters. The number of rotatable bonds is 5. The van der Waals surface area contributed by atoms with E-state index in [2.05, 4.69) is 48.5 Å². The minimum atomic E-state index is 0.665. The van der Waals surface area contributed by atoms with Crippen molar-refractivity contribution in [3.05, 3.63) is 22.4 Å². The second-order valence-corrected chi connectivity index (χ2v) is 6.50. The van der Waals surface area contributed by atoms with Crippen LogP contribution in [0.2, 0.25) is 0 Å². The molecule has 1 aliphatic heterocycles. The molecular formula is C15H26N2S. The van der Waals surface area contributed by atoms with Gasteiger partial charge in [0.2, 0.25) is 0 Å². The third-order valence-corrected chi connectivity index (χ3v) is 5.17. The minimum absolute atomic E-state index is 0.665. The lowest BCUT2D eigenvalue weighted by molar-refractivity contribution is 0.100. The molecule has 1 fully saturated rings. The summed E-state index contributed by atoms with van der Waals surface area (Å²) in [6.07, 6.45) is 2.51. The maximum absolute atomic E-state index is 3.74. The Morgan fingerprint density at radius 1 is 1.50 bits per heavy atom. The van der Waals surface area contributed by atoms with Crippen LogP contribution in [0.25, 0.3) is 0 Å². The Bertz CT molecular complexity index is 336. The predicted octanol–water partition coefficient (Wildman–Crippen LogP) is 3.35. The Morgan fingerprint density at radius 3 is 2.94 bits per heavy atom. The maximum Gasteiger partial charge on any atom is 0.0332 e. The summed E-state index contributed by atoms with van der Waals surface area (Å²) in [4.78, 5) is 4.18. The molecule has 1 saturated heterocycles. The molecule has 2 nitrogen and oxygen atoms in total. The molecule has 0 aromatic carbocycles. The van der Waals surface area contributed by atoms with E-state index < -0.39 is 0 Å². The smallest absolute Gasteiger partial charge is 0.0332 e. The van der Waals surface area contributed by atoms with Crippen molar-refractivity contribution in [2.24, 2.45) is 5.92 Å². The number of piperazine rings is 1. The van der Waals surface area contributed by atoms with Crippen LogP contribution in [0.1, 0.15) is 38.5 Å². The highest BCUT2D eigenvalue weighted by Gasteiger charge is 2.29. The first-order valence-electron chi connectivity index (χ1n) is 7.24. The Morgan fingerprint density at radius 2 is 2.33 bits per heavy atom. The summed E-state index contributed by atoms with van der Waals surface area (Å²) in [6, 6.07) is 5.79. The second kappa shape index (κ2) is 6.69. The largest absolute Gasteiger partial charge is 0.311 e. The van der Waals surface area contributed by atoms with E-state index in [1.165, 1.54) is 24.3 Å². The Balaban J connectivity index is 1.99. The normalized spacial score (nSPS) is 27.3. The zero-order chi connectivity index (χ0) is 13.0. The maximum atomic E-state index is 3.74. The highest BCUT2D eigenvalue weighted by molar-refractivity contribution is 7.09. The van der Waals surface area contributed by atoms with E-state index in [1.807, 2.05) is 11.3 Å². The van der Waals surface area contributed by atoms with Crippen molar-refractivity contribution in [3.63, 3.8) is 0 Å². The van der Waals surface area contributed by atoms with Crippen LogP contribution in [0, 0.1) is 5.92 Å². The molecule has 18 heavy (non-hydrogen) atoms. The van der Waals surface area contributed by atoms with E-state index in [-0.39, 0.29) is 0 Å². The summed E-state index contributed by atoms with van der Waals surface area (Å²) in [7, 11) is 0. The van der Waals surface area contributed by atoms with Crippen molar-refractivity contribution in [2.45, 2.75) is 52.2 Å². The van der Waals surface area contributed by atoms with Gasteiger partial charge in [-0.3, -0.25) is 4.90 Å². The number of thiophene rings is 1. The van der Waals surface area contributed by atoms with Crippen molar-refractivity contribution in [1.29, 1.82) is 0 Å². The van der Waals surface area contributed by atoms with Crippen molar-refractivity contribution in [3.8, 4) is 0 Å². The highest BCUT2D eigenvalue weighted by Crippen LogP contribution is 2.21. The quantitative estimate of drug-likeness (QED) is 0.879. The number of nitrogens with one attached hydrogen (secondary N) is 1. The van der Waals surface area contributed by atoms with Crippen LogP contribution in [0.4, 0.5) is 0 Å². The first-order chi connectivity index (χ1) is 8.74. The van der Waals surface area contributed by atoms with Crippen molar-refractivity contribution < 1.29 is 0 Å². The average Bonchev–Trinajstić information content (AvgIpc) is 2.90. The number of hydrogen-bond donors (Lipinski definition) is 1. The topological polar surface area (TPSA) is 15.3 Å². The Kier molecular flexibility index (Phi) is 5.22. The van der Waals surface area contributed by atoms with Crippen molar-refractivity contribution >= 4 is 11.3 Å². The molecule has 3 heteroatoms. The van der Waals surface area contributed by atoms with E-state index in [1.54, 1.807) is 0 Å². The molecule has 2 rings (SSSR count). The summed E-state index contributed by atoms with van der Waals surface area (Å²) < 4.78 is 0. The second-order valence-electron chi connectivity index (χ2n) is 5.47. The lowest BCUT2D eigenvalue weighted by Gasteiger charge is -2.42. The summed E-state index contributed by atoms with van der Waals surface area (Å²) in [5, 5.41) is 5.93. The molecule has 0 radical (unpaired) electrons. The van der Waals surface area contributed by atoms with E-state index in [0.29, 0.717) is 12.1 Å². The van der Waals surface area contributed by atoms with E-state index in [9.17, 15) is 0 Å². The Hall–Kier alpha value is -0.380. The molecule has 1 aromatic rings. The van der Waals surface area contributed by atoms with E-state index >= 15 is 0 Å². The van der Waals surface area contributed by atoms with Gasteiger partial charge in [-0.2, -0.15) is 0 Å². The van der Waals surface area contributed by atoms with Gasteiger partial charge in [-0.15, -0.1) is 11.3 Å². The molecule has 0 amide bonds. The standard InChI is InChI=1S/C15H26N2S/c1-4-12(3)15-11-17(13(5-2)9-16-15)10-14-7-6-8-18-14/h6-8,12-13,15-16H,4-5,9-11H2,1-3H3. The van der Waals surface area contributed by atoms with Crippen LogP contribution in [0.3, 0.4) is 0 Å². The van der Waals surface area contributed by atoms with E-state index in [0.717, 1.165) is 19.0 Å². The van der Waals surface area contributed by atoms with Crippen LogP contribution in [0.15, 0.2) is 17.5 Å². The van der Waals surface area contributed by atoms with Crippen LogP contribution in [-0.4, -0.2) is 30.1 Å². The summed E-state index contributed by atoms with van der Waals surface area (Å²) in [6.45, 7) is 10.4. The minimum Gasteiger partial charge on any atom is -0.311 e. The monoisotopic (exact) mass is 266 g/mol. The van der Waals surface area contributed by atoms with Gasteiger partial charge in [-0.25, -0.2) is 0 Å². The molecule has 2 heterocycles. The lowest BCUT2D eigenvalue weighted by atomic mass is 9.95. The molecule has 0 spiro atoms. The third kappa shape index (κ3) is 3.34. The molecule has 1 N–H and O–H groups in total. The fourth-order valence-electron chi connectivity index (χ4n) is 2.75. The van der Waals surface area contributed by atoms with Gasteiger partial charge in [-0.05, 0) is 23.8 Å². The fraction of sp³-hybridized carbons (Fsp3) is 0.733. The zero-order valence-electron chi connectivity index (χ0n) is 11.9. The number of hydrogen-bond acceptors (Lipinski definition) is 3. The summed E-state index contributed by atoms with van der Waals surface area (Å²) in [5.74, 6) is 0.772. The van der Waals surface area contributed by atoms with Gasteiger partial charge in [-0.1, -0.05) is 33.3 Å². The molecule has 1 aliphatic rings. The van der Waals surface area contributed by atoms with Crippen LogP contribution >= 0.6 is 11.3 Å². The van der Waals surface area contributed by atoms with Crippen molar-refractivity contribution in [1.82, 2.24) is 10.2 Å². The van der Waals surface area contributed by atoms with Crippen LogP contribution < -0.4 is 5.32 Å². The molecule has 0 saturated carbocycles. The molecule has 102 valence electrons. The molecular weight excluding hydrogens is 240 g/mol. The fourth-order valence-corrected chi connectivity index (χ4v) is 3.48. The number of nitrogens with zero attached hydrogens (tertiary/aromatic N) is 1. The average molecular weight is 266 g/mol. The highest BCUT2D eigenvalue weighted by atomic mass is 32.1. The van der Waals surface area contributed by atoms with E-state index in [4.69, 9.17) is 0 Å². The van der Waals surface area contributed by atoms with Gasteiger partial charge in [0.15, 0.2) is 0 Å². The SMILES string of the molecule is CCC(C)C1CN(Cc2cccs2)C(CC)CN1. The van der Waals surface area contributed by atoms with Gasteiger partial charge in [0.1, 0.15) is 0 Å². The van der Waals surface area contributed by atoms with Gasteiger partial charge in [0, 0.05) is 36.6 Å². The Labute approximate surface area is 115 Å². The van der Waals surface area contributed by atoms with Gasteiger partial charge in [0.25, 0.3) is 0 Å². The first-order valence-corrected chi connectivity index (χ1v) is 8.12. The van der Waals surface area contributed by atoms with Crippen LogP contribution in [0.5, 0.6) is 0 Å². The zero-order valence-corrected chi connectivity index (χ0v) is 12.7. The first kappa shape index (κ1) is 14.0. The summed E-state index contributed by atoms with van der Waals surface area (Å²) in [5.41, 5.74) is 0. The van der Waals surface area contributed by atoms with Gasteiger partial charge < -0.3 is 5.32 Å². The lowest BCUT2D eigenvalue weighted by Crippen LogP contribution is -2.57. The summed E-state index contributed by atoms with van der Waals surface area (Å²) >= 11 is 1.88.